The molecule has 4 aromatic rings. The van der Waals surface area contributed by atoms with Crippen LogP contribution in [0.5, 0.6) is 5.75 Å². The highest BCUT2D eigenvalue weighted by atomic mass is 19.2. The largest absolute Gasteiger partial charge is 0.514 e. The molecular weight excluding hydrogens is 926 g/mol. The van der Waals surface area contributed by atoms with Crippen LogP contribution in [0, 0.1) is 40.9 Å². The third-order valence-corrected chi connectivity index (χ3v) is 11.6. The maximum atomic E-state index is 13.9. The molecule has 3 atom stereocenters. The van der Waals surface area contributed by atoms with Crippen molar-refractivity contribution in [2.45, 2.75) is 90.3 Å². The number of carbonyl (C=O) groups excluding carboxylic acids is 7. The number of hydrogen-bond acceptors (Lipinski definition) is 10. The minimum atomic E-state index is -2.44. The smallest absolute Gasteiger partial charge is 0.449 e. The number of nitrogens with one attached hydrogen (secondary N) is 4. The number of unbranched alkanes of at least 4 members (excludes halogenated alkanes) is 1. The van der Waals surface area contributed by atoms with E-state index in [1.807, 2.05) is 48.5 Å². The Morgan fingerprint density at radius 1 is 0.643 bits per heavy atom. The molecule has 15 nitrogen and oxygen atoms in total. The van der Waals surface area contributed by atoms with Crippen molar-refractivity contribution in [3.63, 3.8) is 0 Å². The Hall–Kier alpha value is -7.38. The molecule has 0 heterocycles. The number of urea groups is 1. The number of halogens is 5. The summed E-state index contributed by atoms with van der Waals surface area (Å²) in [7, 11) is 0. The van der Waals surface area contributed by atoms with E-state index >= 15 is 0 Å². The van der Waals surface area contributed by atoms with Gasteiger partial charge in [-0.2, -0.15) is 8.78 Å². The Morgan fingerprint density at radius 2 is 1.19 bits per heavy atom. The van der Waals surface area contributed by atoms with Gasteiger partial charge in [-0.3, -0.25) is 19.2 Å². The van der Waals surface area contributed by atoms with E-state index in [-0.39, 0.29) is 63.3 Å². The van der Waals surface area contributed by atoms with Gasteiger partial charge in [-0.05, 0) is 71.4 Å². The van der Waals surface area contributed by atoms with E-state index in [2.05, 4.69) is 26.0 Å². The summed E-state index contributed by atoms with van der Waals surface area (Å²) in [4.78, 5) is 89.5. The van der Waals surface area contributed by atoms with Crippen LogP contribution in [0.3, 0.4) is 0 Å². The number of amides is 5. The van der Waals surface area contributed by atoms with Gasteiger partial charge in [-0.15, -0.1) is 0 Å². The third-order valence-electron chi connectivity index (χ3n) is 11.6. The molecule has 5 rings (SSSR count). The Kier molecular flexibility index (Phi) is 19.4. The van der Waals surface area contributed by atoms with Crippen molar-refractivity contribution in [1.29, 1.82) is 0 Å². The zero-order chi connectivity index (χ0) is 51.1. The first kappa shape index (κ1) is 53.6. The predicted molar refractivity (Wildman–Crippen MR) is 243 cm³/mol. The SMILES string of the molecule is CC(=O)N[C@@H](CCCCNC(=O)OCC1c2ccccc2-c2ccccc21)C(=O)C[C@H](C(=O)N[C@@H](CCCNC(N)=O)C(=O)Cc1ccc(COC(=O)Oc2c(F)c(F)c(F)c(F)c2F)cc1)C(C)C. The maximum absolute atomic E-state index is 13.9. The Labute approximate surface area is 400 Å². The molecule has 0 saturated carbocycles. The average molecular weight is 980 g/mol. The topological polar surface area (TPSA) is 221 Å². The molecule has 6 N–H and O–H groups in total. The zero-order valence-corrected chi connectivity index (χ0v) is 38.6. The molecule has 1 aliphatic rings. The van der Waals surface area contributed by atoms with Gasteiger partial charge in [0.25, 0.3) is 0 Å². The minimum absolute atomic E-state index is 0.0687. The lowest BCUT2D eigenvalue weighted by Gasteiger charge is -2.26. The Bertz CT molecular complexity index is 2490. The monoisotopic (exact) mass is 979 g/mol. The molecule has 0 radical (unpaired) electrons. The van der Waals surface area contributed by atoms with Crippen molar-refractivity contribution >= 4 is 41.7 Å². The van der Waals surface area contributed by atoms with Crippen molar-refractivity contribution in [3.8, 4) is 16.9 Å². The molecule has 4 aromatic carbocycles. The average Bonchev–Trinajstić information content (AvgIpc) is 3.65. The second-order valence-corrected chi connectivity index (χ2v) is 17.0. The van der Waals surface area contributed by atoms with Crippen LogP contribution in [0.2, 0.25) is 0 Å². The number of alkyl carbamates (subject to hydrolysis) is 1. The number of fused-ring (bicyclic) bond motifs is 3. The standard InChI is InChI=1S/C50H54F5N5O10/c1-27(2)35(24-40(63)37(59-28(3)61)15-8-9-21-58-49(66)68-26-36-33-13-6-4-11-31(33)32-12-5-7-14-34(32)36)47(64)60-38(16-10-22-57-48(56)65)39(62)23-29-17-19-30(20-18-29)25-69-50(67)70-46-44(54)42(52)41(51)43(53)45(46)55/h4-7,11-14,17-20,27,35-38H,8-10,15-16,21-26H2,1-3H3,(H,58,66)(H,59,61)(H,60,64)(H3,56,57,65)/t35-,37-,38-/m0/s1. The van der Waals surface area contributed by atoms with Crippen molar-refractivity contribution < 1.29 is 69.7 Å². The first-order valence-electron chi connectivity index (χ1n) is 22.5. The van der Waals surface area contributed by atoms with Gasteiger partial charge in [-0.25, -0.2) is 27.6 Å². The maximum Gasteiger partial charge on any atom is 0.514 e. The summed E-state index contributed by atoms with van der Waals surface area (Å²) in [6.45, 7) is 4.65. The fourth-order valence-corrected chi connectivity index (χ4v) is 7.98. The Morgan fingerprint density at radius 3 is 1.77 bits per heavy atom. The fraction of sp³-hybridized carbons (Fsp3) is 0.380. The number of Topliss-reactive ketones (excluding diaryl/α,β-unsaturated/α-hetero) is 2. The number of hydrogen-bond donors (Lipinski definition) is 5. The summed E-state index contributed by atoms with van der Waals surface area (Å²) in [5, 5.41) is 10.6. The summed E-state index contributed by atoms with van der Waals surface area (Å²) in [6, 6.07) is 19.0. The molecule has 0 aromatic heterocycles. The van der Waals surface area contributed by atoms with Gasteiger partial charge in [0.1, 0.15) is 13.2 Å². The van der Waals surface area contributed by atoms with Gasteiger partial charge in [0.05, 0.1) is 12.1 Å². The molecule has 0 aliphatic heterocycles. The second kappa shape index (κ2) is 25.3. The molecule has 0 bridgehead atoms. The van der Waals surface area contributed by atoms with Gasteiger partial charge in [0.2, 0.25) is 46.6 Å². The lowest BCUT2D eigenvalue weighted by molar-refractivity contribution is -0.134. The molecule has 5 amide bonds. The minimum Gasteiger partial charge on any atom is -0.449 e. The highest BCUT2D eigenvalue weighted by Gasteiger charge is 2.33. The highest BCUT2D eigenvalue weighted by molar-refractivity contribution is 5.95. The third kappa shape index (κ3) is 14.6. The van der Waals surface area contributed by atoms with Crippen LogP contribution < -0.4 is 31.7 Å². The molecule has 0 saturated heterocycles. The first-order chi connectivity index (χ1) is 33.4. The normalized spacial score (nSPS) is 13.0. The van der Waals surface area contributed by atoms with Crippen molar-refractivity contribution in [3.05, 3.63) is 124 Å². The number of benzene rings is 4. The lowest BCUT2D eigenvalue weighted by atomic mass is 9.86. The number of carbonyl (C=O) groups is 7. The number of primary amides is 1. The van der Waals surface area contributed by atoms with E-state index in [1.165, 1.54) is 31.2 Å². The van der Waals surface area contributed by atoms with Crippen LogP contribution in [0.4, 0.5) is 36.3 Å². The van der Waals surface area contributed by atoms with Crippen molar-refractivity contribution in [2.75, 3.05) is 19.7 Å². The summed E-state index contributed by atoms with van der Waals surface area (Å²) in [5.41, 5.74) is 10.3. The van der Waals surface area contributed by atoms with E-state index in [9.17, 15) is 55.5 Å². The molecule has 0 unspecified atom stereocenters. The fourth-order valence-electron chi connectivity index (χ4n) is 7.98. The lowest BCUT2D eigenvalue weighted by Crippen LogP contribution is -2.47. The predicted octanol–water partition coefficient (Wildman–Crippen LogP) is 7.59. The quantitative estimate of drug-likeness (QED) is 0.0116. The highest BCUT2D eigenvalue weighted by Crippen LogP contribution is 2.44. The van der Waals surface area contributed by atoms with Crippen molar-refractivity contribution in [1.82, 2.24) is 21.3 Å². The summed E-state index contributed by atoms with van der Waals surface area (Å²) in [5.74, 6) is -17.0. The summed E-state index contributed by atoms with van der Waals surface area (Å²) in [6.07, 6.45) is -1.44. The van der Waals surface area contributed by atoms with E-state index in [0.29, 0.717) is 18.4 Å². The number of ketones is 2. The second-order valence-electron chi connectivity index (χ2n) is 17.0. The summed E-state index contributed by atoms with van der Waals surface area (Å²) < 4.78 is 82.7. The van der Waals surface area contributed by atoms with E-state index < -0.39 is 107 Å². The molecule has 1 aliphatic carbocycles. The van der Waals surface area contributed by atoms with Crippen LogP contribution in [-0.4, -0.2) is 73.4 Å². The van der Waals surface area contributed by atoms with Crippen LogP contribution in [0.25, 0.3) is 11.1 Å². The van der Waals surface area contributed by atoms with Crippen LogP contribution >= 0.6 is 0 Å². The molecule has 0 fully saturated rings. The van der Waals surface area contributed by atoms with Crippen LogP contribution in [0.15, 0.2) is 72.8 Å². The van der Waals surface area contributed by atoms with E-state index in [0.717, 1.165) is 22.3 Å². The van der Waals surface area contributed by atoms with Gasteiger partial charge in [0.15, 0.2) is 11.6 Å². The molecule has 70 heavy (non-hydrogen) atoms. The Balaban J connectivity index is 1.12. The van der Waals surface area contributed by atoms with Gasteiger partial charge >= 0.3 is 18.3 Å². The van der Waals surface area contributed by atoms with Gasteiger partial charge in [-0.1, -0.05) is 86.6 Å². The van der Waals surface area contributed by atoms with E-state index in [4.69, 9.17) is 15.2 Å². The van der Waals surface area contributed by atoms with Crippen LogP contribution in [0.1, 0.15) is 87.5 Å². The first-order valence-corrected chi connectivity index (χ1v) is 22.5. The molecular formula is C50H54F5N5O10. The van der Waals surface area contributed by atoms with Crippen LogP contribution in [-0.2, 0) is 41.7 Å². The molecule has 20 heteroatoms. The zero-order valence-electron chi connectivity index (χ0n) is 38.6. The molecule has 374 valence electrons. The number of nitrogens with two attached hydrogens (primary N) is 1. The number of rotatable bonds is 24. The summed E-state index contributed by atoms with van der Waals surface area (Å²) >= 11 is 0. The van der Waals surface area contributed by atoms with Crippen molar-refractivity contribution in [2.24, 2.45) is 17.6 Å². The van der Waals surface area contributed by atoms with E-state index in [1.54, 1.807) is 13.8 Å². The number of ether oxygens (including phenoxy) is 3. The molecule has 0 spiro atoms. The van der Waals surface area contributed by atoms with Gasteiger partial charge in [0, 0.05) is 44.7 Å². The van der Waals surface area contributed by atoms with Gasteiger partial charge < -0.3 is 41.2 Å².